The molecule has 0 spiro atoms. The lowest BCUT2D eigenvalue weighted by molar-refractivity contribution is -0.117. The number of sulfonamides is 1. The SMILES string of the molecule is Cc1ccccc1CS(=O)(=O)Nc1ccc(N2CCCC2=O)cc1. The van der Waals surface area contributed by atoms with Gasteiger partial charge < -0.3 is 4.90 Å². The summed E-state index contributed by atoms with van der Waals surface area (Å²) in [4.78, 5) is 13.5. The molecule has 0 radical (unpaired) electrons. The highest BCUT2D eigenvalue weighted by atomic mass is 32.2. The molecule has 1 N–H and O–H groups in total. The summed E-state index contributed by atoms with van der Waals surface area (Å²) >= 11 is 0. The summed E-state index contributed by atoms with van der Waals surface area (Å²) in [5.74, 6) is 0.0503. The smallest absolute Gasteiger partial charge is 0.236 e. The number of nitrogens with zero attached hydrogens (tertiary/aromatic N) is 1. The Morgan fingerprint density at radius 3 is 2.42 bits per heavy atom. The van der Waals surface area contributed by atoms with E-state index in [-0.39, 0.29) is 11.7 Å². The largest absolute Gasteiger partial charge is 0.312 e. The van der Waals surface area contributed by atoms with E-state index in [2.05, 4.69) is 4.72 Å². The predicted octanol–water partition coefficient (Wildman–Crippen LogP) is 3.06. The van der Waals surface area contributed by atoms with Gasteiger partial charge in [0.15, 0.2) is 0 Å². The fraction of sp³-hybridized carbons (Fsp3) is 0.278. The maximum absolute atomic E-state index is 12.3. The van der Waals surface area contributed by atoms with E-state index in [1.807, 2.05) is 31.2 Å². The highest BCUT2D eigenvalue weighted by molar-refractivity contribution is 7.91. The van der Waals surface area contributed by atoms with Crippen LogP contribution in [0.15, 0.2) is 48.5 Å². The number of anilines is 2. The Bertz CT molecular complexity index is 845. The van der Waals surface area contributed by atoms with E-state index in [0.29, 0.717) is 12.1 Å². The number of hydrogen-bond acceptors (Lipinski definition) is 3. The van der Waals surface area contributed by atoms with Gasteiger partial charge in [-0.2, -0.15) is 0 Å². The van der Waals surface area contributed by atoms with E-state index in [4.69, 9.17) is 0 Å². The van der Waals surface area contributed by atoms with E-state index in [1.165, 1.54) is 0 Å². The molecule has 24 heavy (non-hydrogen) atoms. The summed E-state index contributed by atoms with van der Waals surface area (Å²) in [7, 11) is -3.48. The molecule has 1 heterocycles. The molecule has 0 atom stereocenters. The fourth-order valence-corrected chi connectivity index (χ4v) is 4.12. The molecule has 1 aliphatic heterocycles. The Kier molecular flexibility index (Phi) is 4.57. The second kappa shape index (κ2) is 6.65. The van der Waals surface area contributed by atoms with Crippen LogP contribution in [-0.4, -0.2) is 20.9 Å². The quantitative estimate of drug-likeness (QED) is 0.906. The van der Waals surface area contributed by atoms with E-state index in [1.54, 1.807) is 29.2 Å². The number of carbonyl (C=O) groups excluding carboxylic acids is 1. The first-order valence-electron chi connectivity index (χ1n) is 7.90. The van der Waals surface area contributed by atoms with Crippen LogP contribution < -0.4 is 9.62 Å². The van der Waals surface area contributed by atoms with Gasteiger partial charge in [0.25, 0.3) is 0 Å². The topological polar surface area (TPSA) is 66.5 Å². The first-order valence-corrected chi connectivity index (χ1v) is 9.55. The molecular weight excluding hydrogens is 324 g/mol. The highest BCUT2D eigenvalue weighted by Gasteiger charge is 2.21. The summed E-state index contributed by atoms with van der Waals surface area (Å²) in [6, 6.07) is 14.4. The number of nitrogens with one attached hydrogen (secondary N) is 1. The average Bonchev–Trinajstić information content (AvgIpc) is 2.96. The molecule has 1 amide bonds. The van der Waals surface area contributed by atoms with Gasteiger partial charge in [-0.15, -0.1) is 0 Å². The predicted molar refractivity (Wildman–Crippen MR) is 95.5 cm³/mol. The molecule has 0 saturated carbocycles. The number of carbonyl (C=O) groups is 1. The van der Waals surface area contributed by atoms with Gasteiger partial charge in [-0.1, -0.05) is 24.3 Å². The van der Waals surface area contributed by atoms with Crippen LogP contribution in [0.1, 0.15) is 24.0 Å². The van der Waals surface area contributed by atoms with Crippen molar-refractivity contribution in [2.75, 3.05) is 16.2 Å². The number of benzene rings is 2. The van der Waals surface area contributed by atoms with Gasteiger partial charge in [-0.3, -0.25) is 9.52 Å². The Labute approximate surface area is 142 Å². The monoisotopic (exact) mass is 344 g/mol. The molecule has 0 bridgehead atoms. The van der Waals surface area contributed by atoms with Crippen LogP contribution in [0.5, 0.6) is 0 Å². The maximum atomic E-state index is 12.3. The summed E-state index contributed by atoms with van der Waals surface area (Å²) in [6.45, 7) is 2.61. The summed E-state index contributed by atoms with van der Waals surface area (Å²) < 4.78 is 27.3. The van der Waals surface area contributed by atoms with Crippen LogP contribution in [0.25, 0.3) is 0 Å². The van der Waals surface area contributed by atoms with E-state index >= 15 is 0 Å². The molecule has 5 nitrogen and oxygen atoms in total. The second-order valence-electron chi connectivity index (χ2n) is 5.98. The van der Waals surface area contributed by atoms with Crippen LogP contribution in [0.2, 0.25) is 0 Å². The normalized spacial score (nSPS) is 14.9. The minimum Gasteiger partial charge on any atom is -0.312 e. The van der Waals surface area contributed by atoms with Gasteiger partial charge in [0.1, 0.15) is 0 Å². The molecule has 3 rings (SSSR count). The van der Waals surface area contributed by atoms with Gasteiger partial charge in [-0.25, -0.2) is 8.42 Å². The molecule has 126 valence electrons. The molecule has 2 aromatic rings. The van der Waals surface area contributed by atoms with Crippen molar-refractivity contribution in [3.63, 3.8) is 0 Å². The molecule has 1 fully saturated rings. The molecule has 2 aromatic carbocycles. The third-order valence-electron chi connectivity index (χ3n) is 4.13. The lowest BCUT2D eigenvalue weighted by atomic mass is 10.1. The van der Waals surface area contributed by atoms with Gasteiger partial charge in [0.05, 0.1) is 5.75 Å². The Hall–Kier alpha value is -2.34. The molecule has 0 unspecified atom stereocenters. The van der Waals surface area contributed by atoms with E-state index in [9.17, 15) is 13.2 Å². The summed E-state index contributed by atoms with van der Waals surface area (Å²) in [6.07, 6.45) is 1.44. The van der Waals surface area contributed by atoms with Crippen molar-refractivity contribution in [1.82, 2.24) is 0 Å². The van der Waals surface area contributed by atoms with Crippen LogP contribution in [0.4, 0.5) is 11.4 Å². The summed E-state index contributed by atoms with van der Waals surface area (Å²) in [5.41, 5.74) is 3.04. The van der Waals surface area contributed by atoms with Gasteiger partial charge in [0, 0.05) is 24.3 Å². The van der Waals surface area contributed by atoms with Crippen molar-refractivity contribution in [3.8, 4) is 0 Å². The van der Waals surface area contributed by atoms with Gasteiger partial charge in [0.2, 0.25) is 15.9 Å². The van der Waals surface area contributed by atoms with Crippen molar-refractivity contribution in [2.24, 2.45) is 0 Å². The number of hydrogen-bond donors (Lipinski definition) is 1. The molecule has 0 aliphatic carbocycles. The minimum atomic E-state index is -3.48. The van der Waals surface area contributed by atoms with E-state index in [0.717, 1.165) is 29.8 Å². The lowest BCUT2D eigenvalue weighted by Gasteiger charge is -2.16. The van der Waals surface area contributed by atoms with Crippen molar-refractivity contribution in [3.05, 3.63) is 59.7 Å². The van der Waals surface area contributed by atoms with Gasteiger partial charge in [-0.05, 0) is 48.7 Å². The van der Waals surface area contributed by atoms with E-state index < -0.39 is 10.0 Å². The fourth-order valence-electron chi connectivity index (χ4n) is 2.82. The summed E-state index contributed by atoms with van der Waals surface area (Å²) in [5, 5.41) is 0. The standard InChI is InChI=1S/C18H20N2O3S/c1-14-5-2-3-6-15(14)13-24(22,23)19-16-8-10-17(11-9-16)20-12-4-7-18(20)21/h2-3,5-6,8-11,19H,4,7,12-13H2,1H3. The van der Waals surface area contributed by atoms with Crippen LogP contribution in [-0.2, 0) is 20.6 Å². The molecule has 6 heteroatoms. The second-order valence-corrected chi connectivity index (χ2v) is 7.71. The average molecular weight is 344 g/mol. The maximum Gasteiger partial charge on any atom is 0.236 e. The Balaban J connectivity index is 1.71. The van der Waals surface area contributed by atoms with Crippen molar-refractivity contribution >= 4 is 27.3 Å². The molecule has 0 aromatic heterocycles. The van der Waals surface area contributed by atoms with Gasteiger partial charge >= 0.3 is 0 Å². The number of amides is 1. The molecule has 1 aliphatic rings. The van der Waals surface area contributed by atoms with Crippen molar-refractivity contribution < 1.29 is 13.2 Å². The molecule has 1 saturated heterocycles. The number of rotatable bonds is 5. The number of aryl methyl sites for hydroxylation is 1. The van der Waals surface area contributed by atoms with Crippen molar-refractivity contribution in [1.29, 1.82) is 0 Å². The van der Waals surface area contributed by atoms with Crippen molar-refractivity contribution in [2.45, 2.75) is 25.5 Å². The lowest BCUT2D eigenvalue weighted by Crippen LogP contribution is -2.23. The zero-order valence-electron chi connectivity index (χ0n) is 13.5. The van der Waals surface area contributed by atoms with Crippen LogP contribution >= 0.6 is 0 Å². The van der Waals surface area contributed by atoms with Crippen LogP contribution in [0, 0.1) is 6.92 Å². The first-order chi connectivity index (χ1) is 11.4. The van der Waals surface area contributed by atoms with Crippen LogP contribution in [0.3, 0.4) is 0 Å². The Morgan fingerprint density at radius 2 is 1.79 bits per heavy atom. The highest BCUT2D eigenvalue weighted by Crippen LogP contribution is 2.24. The Morgan fingerprint density at radius 1 is 1.08 bits per heavy atom. The zero-order chi connectivity index (χ0) is 17.2. The molecular formula is C18H20N2O3S. The first kappa shape index (κ1) is 16.5. The third kappa shape index (κ3) is 3.76. The minimum absolute atomic E-state index is 0.0635. The third-order valence-corrected chi connectivity index (χ3v) is 5.37. The zero-order valence-corrected chi connectivity index (χ0v) is 14.3.